The van der Waals surface area contributed by atoms with Crippen LogP contribution < -0.4 is 16.0 Å². The van der Waals surface area contributed by atoms with Crippen molar-refractivity contribution in [2.75, 3.05) is 24.2 Å². The van der Waals surface area contributed by atoms with Gasteiger partial charge in [-0.1, -0.05) is 6.07 Å². The Balaban J connectivity index is 1.94. The van der Waals surface area contributed by atoms with E-state index in [1.165, 1.54) is 0 Å². The molecule has 0 unspecified atom stereocenters. The number of carbonyl (C=O) groups is 2. The molecule has 1 aromatic rings. The van der Waals surface area contributed by atoms with Crippen molar-refractivity contribution < 1.29 is 9.59 Å². The maximum atomic E-state index is 11.9. The van der Waals surface area contributed by atoms with Gasteiger partial charge < -0.3 is 16.0 Å². The largest absolute Gasteiger partial charge is 0.326 e. The van der Waals surface area contributed by atoms with E-state index in [4.69, 9.17) is 0 Å². The van der Waals surface area contributed by atoms with E-state index in [2.05, 4.69) is 16.0 Å². The van der Waals surface area contributed by atoms with Crippen molar-refractivity contribution in [2.24, 2.45) is 5.92 Å². The second-order valence-electron chi connectivity index (χ2n) is 5.55. The predicted octanol–water partition coefficient (Wildman–Crippen LogP) is 2.28. The first-order valence-corrected chi connectivity index (χ1v) is 7.46. The first kappa shape index (κ1) is 15.5. The highest BCUT2D eigenvalue weighted by atomic mass is 16.2. The monoisotopic (exact) mass is 289 g/mol. The minimum Gasteiger partial charge on any atom is -0.326 e. The molecule has 21 heavy (non-hydrogen) atoms. The molecule has 0 atom stereocenters. The summed E-state index contributed by atoms with van der Waals surface area (Å²) in [5.74, 6) is 0.245. The topological polar surface area (TPSA) is 70.2 Å². The van der Waals surface area contributed by atoms with Crippen molar-refractivity contribution in [2.45, 2.75) is 32.6 Å². The fourth-order valence-electron chi connectivity index (χ4n) is 2.06. The lowest BCUT2D eigenvalue weighted by Crippen LogP contribution is -2.16. The maximum Gasteiger partial charge on any atom is 0.227 e. The molecule has 0 saturated heterocycles. The second-order valence-corrected chi connectivity index (χ2v) is 5.55. The summed E-state index contributed by atoms with van der Waals surface area (Å²) < 4.78 is 0. The number of rotatable bonds is 7. The standard InChI is InChI=1S/C16H23N3O2/c1-11-5-8-13(18-16(21)12-6-7-12)10-14(11)19-15(20)4-3-9-17-2/h5,8,10,12,17H,3-4,6-7,9H2,1-2H3,(H,18,21)(H,19,20). The molecule has 0 heterocycles. The Labute approximate surface area is 125 Å². The van der Waals surface area contributed by atoms with Crippen LogP contribution in [0.5, 0.6) is 0 Å². The molecule has 0 bridgehead atoms. The number of carbonyl (C=O) groups excluding carboxylic acids is 2. The van der Waals surface area contributed by atoms with E-state index < -0.39 is 0 Å². The van der Waals surface area contributed by atoms with Gasteiger partial charge in [0, 0.05) is 23.7 Å². The molecule has 1 fully saturated rings. The quantitative estimate of drug-likeness (QED) is 0.674. The second kappa shape index (κ2) is 7.22. The van der Waals surface area contributed by atoms with Crippen LogP contribution in [0.2, 0.25) is 0 Å². The van der Waals surface area contributed by atoms with E-state index in [1.54, 1.807) is 0 Å². The van der Waals surface area contributed by atoms with Gasteiger partial charge in [0.15, 0.2) is 0 Å². The highest BCUT2D eigenvalue weighted by molar-refractivity contribution is 5.96. The van der Waals surface area contributed by atoms with Crippen LogP contribution >= 0.6 is 0 Å². The van der Waals surface area contributed by atoms with Gasteiger partial charge in [0.2, 0.25) is 11.8 Å². The molecule has 5 heteroatoms. The Morgan fingerprint density at radius 3 is 2.67 bits per heavy atom. The van der Waals surface area contributed by atoms with Crippen LogP contribution in [-0.2, 0) is 9.59 Å². The lowest BCUT2D eigenvalue weighted by molar-refractivity contribution is -0.117. The van der Waals surface area contributed by atoms with E-state index in [9.17, 15) is 9.59 Å². The van der Waals surface area contributed by atoms with Crippen molar-refractivity contribution in [1.82, 2.24) is 5.32 Å². The van der Waals surface area contributed by atoms with E-state index in [-0.39, 0.29) is 17.7 Å². The molecule has 2 rings (SSSR count). The fraction of sp³-hybridized carbons (Fsp3) is 0.500. The molecule has 0 aromatic heterocycles. The third-order valence-corrected chi connectivity index (χ3v) is 3.56. The SMILES string of the molecule is CNCCCC(=O)Nc1cc(NC(=O)C2CC2)ccc1C. The van der Waals surface area contributed by atoms with Gasteiger partial charge in [-0.2, -0.15) is 0 Å². The number of nitrogens with one attached hydrogen (secondary N) is 3. The lowest BCUT2D eigenvalue weighted by atomic mass is 10.1. The Morgan fingerprint density at radius 1 is 1.24 bits per heavy atom. The number of benzene rings is 1. The summed E-state index contributed by atoms with van der Waals surface area (Å²) in [6.45, 7) is 2.76. The number of hydrogen-bond acceptors (Lipinski definition) is 3. The molecule has 1 aliphatic carbocycles. The molecule has 3 N–H and O–H groups in total. The van der Waals surface area contributed by atoms with Crippen molar-refractivity contribution >= 4 is 23.2 Å². The minimum atomic E-state index is -0.000908. The van der Waals surface area contributed by atoms with Crippen LogP contribution in [0, 0.1) is 12.8 Å². The highest BCUT2D eigenvalue weighted by Crippen LogP contribution is 2.30. The average molecular weight is 289 g/mol. The van der Waals surface area contributed by atoms with Gasteiger partial charge >= 0.3 is 0 Å². The van der Waals surface area contributed by atoms with Crippen LogP contribution in [-0.4, -0.2) is 25.4 Å². The highest BCUT2D eigenvalue weighted by Gasteiger charge is 2.29. The van der Waals surface area contributed by atoms with Gasteiger partial charge in [-0.25, -0.2) is 0 Å². The normalized spacial score (nSPS) is 13.8. The van der Waals surface area contributed by atoms with Gasteiger partial charge in [0.1, 0.15) is 0 Å². The summed E-state index contributed by atoms with van der Waals surface area (Å²) >= 11 is 0. The molecule has 1 saturated carbocycles. The minimum absolute atomic E-state index is 0.000908. The summed E-state index contributed by atoms with van der Waals surface area (Å²) in [5.41, 5.74) is 2.49. The Kier molecular flexibility index (Phi) is 5.33. The third-order valence-electron chi connectivity index (χ3n) is 3.56. The van der Waals surface area contributed by atoms with Crippen molar-refractivity contribution in [1.29, 1.82) is 0 Å². The maximum absolute atomic E-state index is 11.9. The van der Waals surface area contributed by atoms with Crippen LogP contribution in [0.15, 0.2) is 18.2 Å². The Morgan fingerprint density at radius 2 is 2.00 bits per heavy atom. The van der Waals surface area contributed by atoms with Crippen LogP contribution in [0.1, 0.15) is 31.2 Å². The number of anilines is 2. The summed E-state index contributed by atoms with van der Waals surface area (Å²) in [6.07, 6.45) is 3.25. The summed E-state index contributed by atoms with van der Waals surface area (Å²) in [4.78, 5) is 23.6. The Bertz CT molecular complexity index is 524. The molecular formula is C16H23N3O2. The third kappa shape index (κ3) is 4.86. The number of aryl methyl sites for hydroxylation is 1. The lowest BCUT2D eigenvalue weighted by Gasteiger charge is -2.11. The smallest absolute Gasteiger partial charge is 0.227 e. The molecule has 5 nitrogen and oxygen atoms in total. The molecular weight excluding hydrogens is 266 g/mol. The van der Waals surface area contributed by atoms with Gasteiger partial charge in [-0.05, 0) is 57.5 Å². The molecule has 0 aliphatic heterocycles. The van der Waals surface area contributed by atoms with E-state index >= 15 is 0 Å². The molecule has 0 spiro atoms. The summed E-state index contributed by atoms with van der Waals surface area (Å²) in [7, 11) is 1.87. The summed E-state index contributed by atoms with van der Waals surface area (Å²) in [5, 5.41) is 8.82. The van der Waals surface area contributed by atoms with E-state index in [1.807, 2.05) is 32.2 Å². The summed E-state index contributed by atoms with van der Waals surface area (Å²) in [6, 6.07) is 5.60. The fourth-order valence-corrected chi connectivity index (χ4v) is 2.06. The van der Waals surface area contributed by atoms with E-state index in [0.717, 1.165) is 42.7 Å². The molecule has 0 radical (unpaired) electrons. The zero-order chi connectivity index (χ0) is 15.2. The van der Waals surface area contributed by atoms with Crippen molar-refractivity contribution in [3.05, 3.63) is 23.8 Å². The van der Waals surface area contributed by atoms with E-state index in [0.29, 0.717) is 6.42 Å². The van der Waals surface area contributed by atoms with Crippen LogP contribution in [0.25, 0.3) is 0 Å². The van der Waals surface area contributed by atoms with Crippen LogP contribution in [0.3, 0.4) is 0 Å². The molecule has 1 aromatic carbocycles. The molecule has 114 valence electrons. The first-order chi connectivity index (χ1) is 10.1. The van der Waals surface area contributed by atoms with Gasteiger partial charge in [0.25, 0.3) is 0 Å². The zero-order valence-electron chi connectivity index (χ0n) is 12.7. The first-order valence-electron chi connectivity index (χ1n) is 7.46. The van der Waals surface area contributed by atoms with Crippen molar-refractivity contribution in [3.63, 3.8) is 0 Å². The van der Waals surface area contributed by atoms with Gasteiger partial charge in [0.05, 0.1) is 0 Å². The van der Waals surface area contributed by atoms with Gasteiger partial charge in [-0.15, -0.1) is 0 Å². The van der Waals surface area contributed by atoms with Gasteiger partial charge in [-0.3, -0.25) is 9.59 Å². The molecule has 1 aliphatic rings. The van der Waals surface area contributed by atoms with Crippen LogP contribution in [0.4, 0.5) is 11.4 Å². The number of hydrogen-bond donors (Lipinski definition) is 3. The van der Waals surface area contributed by atoms with Crippen molar-refractivity contribution in [3.8, 4) is 0 Å². The zero-order valence-corrected chi connectivity index (χ0v) is 12.7. The predicted molar refractivity (Wildman–Crippen MR) is 84.3 cm³/mol. The average Bonchev–Trinajstić information content (AvgIpc) is 3.27. The molecule has 2 amide bonds. The Hall–Kier alpha value is -1.88. The number of amides is 2.